The molecule has 1 saturated heterocycles. The molecule has 0 aromatic carbocycles. The van der Waals surface area contributed by atoms with Crippen molar-refractivity contribution >= 4 is 5.97 Å². The molecular weight excluding hydrogens is 170 g/mol. The first-order valence-electron chi connectivity index (χ1n) is 4.64. The second-order valence-electron chi connectivity index (χ2n) is 3.16. The van der Waals surface area contributed by atoms with Gasteiger partial charge in [0.2, 0.25) is 0 Å². The minimum Gasteiger partial charge on any atom is -0.480 e. The maximum absolute atomic E-state index is 10.2. The molecule has 0 saturated carbocycles. The minimum absolute atomic E-state index is 0.0616. The lowest BCUT2D eigenvalue weighted by Crippen LogP contribution is -2.46. The van der Waals surface area contributed by atoms with Gasteiger partial charge in [0, 0.05) is 39.3 Å². The molecule has 5 nitrogen and oxygen atoms in total. The summed E-state index contributed by atoms with van der Waals surface area (Å²) in [5.74, 6) is -0.791. The van der Waals surface area contributed by atoms with Crippen LogP contribution in [0, 0.1) is 0 Å². The quantitative estimate of drug-likeness (QED) is 0.460. The molecule has 76 valence electrons. The Labute approximate surface area is 78.1 Å². The van der Waals surface area contributed by atoms with E-state index in [1.165, 1.54) is 0 Å². The Morgan fingerprint density at radius 2 is 2.15 bits per heavy atom. The first-order chi connectivity index (χ1) is 6.29. The molecule has 0 aromatic heterocycles. The van der Waals surface area contributed by atoms with Gasteiger partial charge in [-0.15, -0.1) is 0 Å². The van der Waals surface area contributed by atoms with E-state index < -0.39 is 5.97 Å². The molecule has 13 heavy (non-hydrogen) atoms. The smallest absolute Gasteiger partial charge is 0.317 e. The van der Waals surface area contributed by atoms with E-state index >= 15 is 0 Å². The zero-order valence-corrected chi connectivity index (χ0v) is 7.75. The van der Waals surface area contributed by atoms with E-state index in [1.54, 1.807) is 0 Å². The van der Waals surface area contributed by atoms with Gasteiger partial charge in [-0.05, 0) is 0 Å². The highest BCUT2D eigenvalue weighted by Gasteiger charge is 2.08. The van der Waals surface area contributed by atoms with Crippen molar-refractivity contribution in [1.29, 1.82) is 0 Å². The molecule has 0 amide bonds. The zero-order valence-electron chi connectivity index (χ0n) is 7.75. The van der Waals surface area contributed by atoms with Gasteiger partial charge in [0.1, 0.15) is 0 Å². The van der Waals surface area contributed by atoms with Crippen LogP contribution in [0.2, 0.25) is 0 Å². The van der Waals surface area contributed by atoms with E-state index in [9.17, 15) is 4.79 Å². The normalized spacial score (nSPS) is 18.8. The van der Waals surface area contributed by atoms with Crippen molar-refractivity contribution in [2.24, 2.45) is 0 Å². The van der Waals surface area contributed by atoms with Crippen LogP contribution in [0.1, 0.15) is 0 Å². The number of carboxylic acid groups (broad SMARTS) is 1. The van der Waals surface area contributed by atoms with E-state index in [0.717, 1.165) is 39.3 Å². The van der Waals surface area contributed by atoms with E-state index in [1.807, 2.05) is 0 Å². The number of nitrogens with zero attached hydrogens (tertiary/aromatic N) is 1. The summed E-state index contributed by atoms with van der Waals surface area (Å²) in [6, 6.07) is 0. The van der Waals surface area contributed by atoms with Gasteiger partial charge < -0.3 is 15.7 Å². The monoisotopic (exact) mass is 187 g/mol. The van der Waals surface area contributed by atoms with E-state index in [0.29, 0.717) is 0 Å². The second kappa shape index (κ2) is 5.90. The van der Waals surface area contributed by atoms with Crippen molar-refractivity contribution in [3.63, 3.8) is 0 Å². The number of carbonyl (C=O) groups is 1. The Balaban J connectivity index is 1.95. The van der Waals surface area contributed by atoms with Crippen LogP contribution in [0.15, 0.2) is 0 Å². The summed E-state index contributed by atoms with van der Waals surface area (Å²) in [6.07, 6.45) is 0. The molecule has 0 atom stereocenters. The molecule has 1 fully saturated rings. The summed E-state index contributed by atoms with van der Waals surface area (Å²) in [4.78, 5) is 12.5. The summed E-state index contributed by atoms with van der Waals surface area (Å²) in [7, 11) is 0. The molecule has 3 N–H and O–H groups in total. The third-order valence-corrected chi connectivity index (χ3v) is 2.09. The number of piperazine rings is 1. The number of hydrogen-bond donors (Lipinski definition) is 3. The summed E-state index contributed by atoms with van der Waals surface area (Å²) in [5.41, 5.74) is 0. The molecule has 1 rings (SSSR count). The van der Waals surface area contributed by atoms with Crippen molar-refractivity contribution in [1.82, 2.24) is 15.5 Å². The van der Waals surface area contributed by atoms with Crippen LogP contribution in [0.4, 0.5) is 0 Å². The van der Waals surface area contributed by atoms with Crippen LogP contribution in [0.3, 0.4) is 0 Å². The van der Waals surface area contributed by atoms with E-state index in [4.69, 9.17) is 5.11 Å². The minimum atomic E-state index is -0.791. The molecule has 0 aromatic rings. The van der Waals surface area contributed by atoms with E-state index in [2.05, 4.69) is 15.5 Å². The predicted molar refractivity (Wildman–Crippen MR) is 49.8 cm³/mol. The lowest BCUT2D eigenvalue weighted by atomic mass is 10.3. The summed E-state index contributed by atoms with van der Waals surface area (Å²) in [6.45, 7) is 5.97. The van der Waals surface area contributed by atoms with Crippen LogP contribution in [-0.2, 0) is 4.79 Å². The summed E-state index contributed by atoms with van der Waals surface area (Å²) in [5, 5.41) is 14.5. The third kappa shape index (κ3) is 4.82. The average molecular weight is 187 g/mol. The van der Waals surface area contributed by atoms with Gasteiger partial charge in [-0.25, -0.2) is 0 Å². The van der Waals surface area contributed by atoms with Crippen molar-refractivity contribution in [3.05, 3.63) is 0 Å². The largest absolute Gasteiger partial charge is 0.480 e. The van der Waals surface area contributed by atoms with Crippen molar-refractivity contribution in [2.75, 3.05) is 45.8 Å². The highest BCUT2D eigenvalue weighted by Crippen LogP contribution is 1.89. The Hall–Kier alpha value is -0.650. The fraction of sp³-hybridized carbons (Fsp3) is 0.875. The molecule has 1 aliphatic rings. The fourth-order valence-electron chi connectivity index (χ4n) is 1.37. The molecule has 0 spiro atoms. The Morgan fingerprint density at radius 1 is 1.46 bits per heavy atom. The molecule has 0 unspecified atom stereocenters. The lowest BCUT2D eigenvalue weighted by molar-refractivity contribution is -0.135. The first kappa shape index (κ1) is 10.4. The predicted octanol–water partition coefficient (Wildman–Crippen LogP) is -1.43. The van der Waals surface area contributed by atoms with Gasteiger partial charge in [0.05, 0.1) is 6.54 Å². The summed E-state index contributed by atoms with van der Waals surface area (Å²) < 4.78 is 0. The number of nitrogens with one attached hydrogen (secondary N) is 2. The number of hydrogen-bond acceptors (Lipinski definition) is 4. The van der Waals surface area contributed by atoms with Crippen LogP contribution < -0.4 is 10.6 Å². The highest BCUT2D eigenvalue weighted by molar-refractivity contribution is 5.68. The Morgan fingerprint density at radius 3 is 2.77 bits per heavy atom. The van der Waals surface area contributed by atoms with Crippen molar-refractivity contribution in [3.8, 4) is 0 Å². The molecule has 0 bridgehead atoms. The number of rotatable bonds is 5. The topological polar surface area (TPSA) is 64.6 Å². The SMILES string of the molecule is O=C(O)CNCCN1CCNCC1. The number of carboxylic acids is 1. The maximum Gasteiger partial charge on any atom is 0.317 e. The standard InChI is InChI=1S/C8H17N3O2/c12-8(13)7-10-3-6-11-4-1-9-2-5-11/h9-10H,1-7H2,(H,12,13). The van der Waals surface area contributed by atoms with Crippen LogP contribution in [-0.4, -0.2) is 61.8 Å². The van der Waals surface area contributed by atoms with Crippen LogP contribution in [0.25, 0.3) is 0 Å². The van der Waals surface area contributed by atoms with Gasteiger partial charge in [-0.1, -0.05) is 0 Å². The van der Waals surface area contributed by atoms with Gasteiger partial charge in [0.15, 0.2) is 0 Å². The second-order valence-corrected chi connectivity index (χ2v) is 3.16. The van der Waals surface area contributed by atoms with Crippen LogP contribution in [0.5, 0.6) is 0 Å². The maximum atomic E-state index is 10.2. The van der Waals surface area contributed by atoms with Gasteiger partial charge in [-0.3, -0.25) is 9.69 Å². The Kier molecular flexibility index (Phi) is 4.74. The number of aliphatic carboxylic acids is 1. The summed E-state index contributed by atoms with van der Waals surface area (Å²) >= 11 is 0. The molecule has 5 heteroatoms. The Bertz CT molecular complexity index is 157. The van der Waals surface area contributed by atoms with Crippen LogP contribution >= 0.6 is 0 Å². The zero-order chi connectivity index (χ0) is 9.52. The first-order valence-corrected chi connectivity index (χ1v) is 4.64. The molecule has 0 radical (unpaired) electrons. The van der Waals surface area contributed by atoms with Gasteiger partial charge in [0.25, 0.3) is 0 Å². The lowest BCUT2D eigenvalue weighted by Gasteiger charge is -2.26. The van der Waals surface area contributed by atoms with Gasteiger partial charge >= 0.3 is 5.97 Å². The fourth-order valence-corrected chi connectivity index (χ4v) is 1.37. The highest BCUT2D eigenvalue weighted by atomic mass is 16.4. The van der Waals surface area contributed by atoms with Gasteiger partial charge in [-0.2, -0.15) is 0 Å². The molecule has 1 aliphatic heterocycles. The molecule has 1 heterocycles. The molecule has 0 aliphatic carbocycles. The molecular formula is C8H17N3O2. The van der Waals surface area contributed by atoms with E-state index in [-0.39, 0.29) is 6.54 Å². The van der Waals surface area contributed by atoms with Crippen molar-refractivity contribution < 1.29 is 9.90 Å². The average Bonchev–Trinajstić information content (AvgIpc) is 2.14. The third-order valence-electron chi connectivity index (χ3n) is 2.09. The van der Waals surface area contributed by atoms with Crippen molar-refractivity contribution in [2.45, 2.75) is 0 Å².